The molecule has 2 amide bonds. The highest BCUT2D eigenvalue weighted by Crippen LogP contribution is 2.05. The third kappa shape index (κ3) is 3.94. The number of hydrogen-bond donors (Lipinski definition) is 2. The highest BCUT2D eigenvalue weighted by atomic mass is 19.1. The monoisotopic (exact) mass is 276 g/mol. The Balaban J connectivity index is 1.73. The Morgan fingerprint density at radius 2 is 1.85 bits per heavy atom. The van der Waals surface area contributed by atoms with Gasteiger partial charge in [-0.05, 0) is 36.2 Å². The number of aryl methyl sites for hydroxylation is 1. The zero-order valence-electron chi connectivity index (χ0n) is 10.6. The lowest BCUT2D eigenvalue weighted by molar-refractivity contribution is -0.121. The van der Waals surface area contributed by atoms with Crippen LogP contribution in [0.25, 0.3) is 0 Å². The molecule has 6 heteroatoms. The molecule has 1 aromatic carbocycles. The Bertz CT molecular complexity index is 579. The number of carbonyl (C=O) groups excluding carboxylic acids is 2. The SMILES string of the molecule is O=C(CCc1ccc(F)cc1)NNC(=O)c1ccco1. The van der Waals surface area contributed by atoms with Gasteiger partial charge in [-0.2, -0.15) is 0 Å². The lowest BCUT2D eigenvalue weighted by atomic mass is 10.1. The van der Waals surface area contributed by atoms with E-state index in [0.29, 0.717) is 6.42 Å². The summed E-state index contributed by atoms with van der Waals surface area (Å²) in [6.45, 7) is 0. The van der Waals surface area contributed by atoms with E-state index in [1.54, 1.807) is 18.2 Å². The highest BCUT2D eigenvalue weighted by molar-refractivity contribution is 5.92. The smallest absolute Gasteiger partial charge is 0.305 e. The Morgan fingerprint density at radius 3 is 2.50 bits per heavy atom. The van der Waals surface area contributed by atoms with Crippen molar-refractivity contribution >= 4 is 11.8 Å². The minimum Gasteiger partial charge on any atom is -0.459 e. The summed E-state index contributed by atoms with van der Waals surface area (Å²) >= 11 is 0. The van der Waals surface area contributed by atoms with Crippen molar-refractivity contribution in [3.05, 3.63) is 59.8 Å². The second-order valence-electron chi connectivity index (χ2n) is 4.11. The molecule has 0 aliphatic heterocycles. The molecule has 0 saturated heterocycles. The first-order valence-electron chi connectivity index (χ1n) is 6.02. The number of furan rings is 1. The van der Waals surface area contributed by atoms with Gasteiger partial charge in [-0.1, -0.05) is 12.1 Å². The summed E-state index contributed by atoms with van der Waals surface area (Å²) in [4.78, 5) is 23.0. The molecule has 2 N–H and O–H groups in total. The highest BCUT2D eigenvalue weighted by Gasteiger charge is 2.09. The van der Waals surface area contributed by atoms with Crippen LogP contribution in [-0.4, -0.2) is 11.8 Å². The van der Waals surface area contributed by atoms with Crippen LogP contribution >= 0.6 is 0 Å². The Labute approximate surface area is 114 Å². The largest absolute Gasteiger partial charge is 0.459 e. The lowest BCUT2D eigenvalue weighted by Crippen LogP contribution is -2.41. The number of benzene rings is 1. The topological polar surface area (TPSA) is 71.3 Å². The van der Waals surface area contributed by atoms with E-state index >= 15 is 0 Å². The number of hydrogen-bond acceptors (Lipinski definition) is 3. The molecule has 0 spiro atoms. The molecule has 5 nitrogen and oxygen atoms in total. The van der Waals surface area contributed by atoms with Crippen molar-refractivity contribution in [2.24, 2.45) is 0 Å². The van der Waals surface area contributed by atoms with Crippen molar-refractivity contribution in [2.45, 2.75) is 12.8 Å². The van der Waals surface area contributed by atoms with Gasteiger partial charge < -0.3 is 4.42 Å². The third-order valence-electron chi connectivity index (χ3n) is 2.61. The fraction of sp³-hybridized carbons (Fsp3) is 0.143. The van der Waals surface area contributed by atoms with Crippen molar-refractivity contribution in [1.29, 1.82) is 0 Å². The van der Waals surface area contributed by atoms with Gasteiger partial charge in [-0.3, -0.25) is 20.4 Å². The van der Waals surface area contributed by atoms with Crippen molar-refractivity contribution in [2.75, 3.05) is 0 Å². The van der Waals surface area contributed by atoms with Gasteiger partial charge in [0.2, 0.25) is 5.91 Å². The molecular formula is C14H13FN2O3. The number of halogens is 1. The summed E-state index contributed by atoms with van der Waals surface area (Å²) in [5.41, 5.74) is 5.36. The molecular weight excluding hydrogens is 263 g/mol. The third-order valence-corrected chi connectivity index (χ3v) is 2.61. The van der Waals surface area contributed by atoms with Crippen LogP contribution in [-0.2, 0) is 11.2 Å². The Morgan fingerprint density at radius 1 is 1.10 bits per heavy atom. The summed E-state index contributed by atoms with van der Waals surface area (Å²) in [7, 11) is 0. The molecule has 2 aromatic rings. The molecule has 1 heterocycles. The summed E-state index contributed by atoms with van der Waals surface area (Å²) in [6.07, 6.45) is 2.01. The van der Waals surface area contributed by atoms with Crippen LogP contribution in [0.5, 0.6) is 0 Å². The molecule has 0 aliphatic carbocycles. The average molecular weight is 276 g/mol. The second kappa shape index (κ2) is 6.51. The molecule has 0 bridgehead atoms. The summed E-state index contributed by atoms with van der Waals surface area (Å²) in [6, 6.07) is 8.97. The van der Waals surface area contributed by atoms with Gasteiger partial charge in [0.15, 0.2) is 5.76 Å². The number of amides is 2. The second-order valence-corrected chi connectivity index (χ2v) is 4.11. The molecule has 0 fully saturated rings. The van der Waals surface area contributed by atoms with Gasteiger partial charge in [-0.25, -0.2) is 4.39 Å². The predicted octanol–water partition coefficient (Wildman–Crippen LogP) is 1.81. The van der Waals surface area contributed by atoms with E-state index in [2.05, 4.69) is 10.9 Å². The van der Waals surface area contributed by atoms with E-state index in [1.807, 2.05) is 0 Å². The zero-order valence-corrected chi connectivity index (χ0v) is 10.6. The summed E-state index contributed by atoms with van der Waals surface area (Å²) in [5, 5.41) is 0. The van der Waals surface area contributed by atoms with E-state index in [-0.39, 0.29) is 23.9 Å². The number of nitrogens with one attached hydrogen (secondary N) is 2. The first-order chi connectivity index (χ1) is 9.65. The van der Waals surface area contributed by atoms with Crippen LogP contribution in [0.2, 0.25) is 0 Å². The fourth-order valence-corrected chi connectivity index (χ4v) is 1.57. The average Bonchev–Trinajstić information content (AvgIpc) is 2.98. The van der Waals surface area contributed by atoms with E-state index in [4.69, 9.17) is 4.42 Å². The van der Waals surface area contributed by atoms with Crippen molar-refractivity contribution < 1.29 is 18.4 Å². The fourth-order valence-electron chi connectivity index (χ4n) is 1.57. The number of rotatable bonds is 4. The van der Waals surface area contributed by atoms with Gasteiger partial charge in [0.25, 0.3) is 0 Å². The first kappa shape index (κ1) is 13.8. The van der Waals surface area contributed by atoms with Crippen LogP contribution in [0, 0.1) is 5.82 Å². The van der Waals surface area contributed by atoms with Crippen LogP contribution in [0.3, 0.4) is 0 Å². The normalized spacial score (nSPS) is 10.1. The van der Waals surface area contributed by atoms with Gasteiger partial charge in [0.05, 0.1) is 6.26 Å². The van der Waals surface area contributed by atoms with E-state index < -0.39 is 5.91 Å². The quantitative estimate of drug-likeness (QED) is 0.837. The molecule has 0 atom stereocenters. The molecule has 104 valence electrons. The zero-order chi connectivity index (χ0) is 14.4. The maximum atomic E-state index is 12.7. The van der Waals surface area contributed by atoms with Gasteiger partial charge in [0, 0.05) is 6.42 Å². The standard InChI is InChI=1S/C14H13FN2O3/c15-11-6-3-10(4-7-11)5-8-13(18)16-17-14(19)12-2-1-9-20-12/h1-4,6-7,9H,5,8H2,(H,16,18)(H,17,19). The van der Waals surface area contributed by atoms with Crippen molar-refractivity contribution in [3.63, 3.8) is 0 Å². The molecule has 1 aromatic heterocycles. The maximum absolute atomic E-state index is 12.7. The molecule has 20 heavy (non-hydrogen) atoms. The van der Waals surface area contributed by atoms with E-state index in [0.717, 1.165) is 5.56 Å². The predicted molar refractivity (Wildman–Crippen MR) is 69.0 cm³/mol. The Hall–Kier alpha value is -2.63. The summed E-state index contributed by atoms with van der Waals surface area (Å²) in [5.74, 6) is -1.06. The molecule has 0 aliphatic rings. The Kier molecular flexibility index (Phi) is 4.49. The van der Waals surface area contributed by atoms with Crippen LogP contribution in [0.4, 0.5) is 4.39 Å². The van der Waals surface area contributed by atoms with Crippen molar-refractivity contribution in [3.8, 4) is 0 Å². The van der Waals surface area contributed by atoms with Gasteiger partial charge in [0.1, 0.15) is 5.82 Å². The minimum absolute atomic E-state index is 0.115. The van der Waals surface area contributed by atoms with Gasteiger partial charge in [-0.15, -0.1) is 0 Å². The molecule has 2 rings (SSSR count). The van der Waals surface area contributed by atoms with E-state index in [1.165, 1.54) is 24.5 Å². The lowest BCUT2D eigenvalue weighted by Gasteiger charge is -2.06. The number of carbonyl (C=O) groups is 2. The minimum atomic E-state index is -0.523. The molecule has 0 saturated carbocycles. The molecule has 0 unspecified atom stereocenters. The van der Waals surface area contributed by atoms with Crippen molar-refractivity contribution in [1.82, 2.24) is 10.9 Å². The molecule has 0 radical (unpaired) electrons. The van der Waals surface area contributed by atoms with Gasteiger partial charge >= 0.3 is 5.91 Å². The van der Waals surface area contributed by atoms with Crippen LogP contribution in [0.1, 0.15) is 22.5 Å². The first-order valence-corrected chi connectivity index (χ1v) is 6.02. The van der Waals surface area contributed by atoms with Crippen LogP contribution < -0.4 is 10.9 Å². The summed E-state index contributed by atoms with van der Waals surface area (Å²) < 4.78 is 17.6. The number of hydrazine groups is 1. The van der Waals surface area contributed by atoms with Crippen LogP contribution in [0.15, 0.2) is 47.1 Å². The maximum Gasteiger partial charge on any atom is 0.305 e. The van der Waals surface area contributed by atoms with E-state index in [9.17, 15) is 14.0 Å².